The summed E-state index contributed by atoms with van der Waals surface area (Å²) in [5, 5.41) is 13.6. The number of anilines is 1. The number of amides is 1. The highest BCUT2D eigenvalue weighted by molar-refractivity contribution is 5.99. The molecule has 0 aromatic heterocycles. The molecule has 1 aromatic rings. The highest BCUT2D eigenvalue weighted by Gasteiger charge is 2.25. The van der Waals surface area contributed by atoms with E-state index in [1.807, 2.05) is 19.0 Å². The van der Waals surface area contributed by atoms with Crippen molar-refractivity contribution in [2.75, 3.05) is 46.6 Å². The average Bonchev–Trinajstić information content (AvgIpc) is 2.43. The molecule has 0 unspecified atom stereocenters. The molecule has 0 spiro atoms. The van der Waals surface area contributed by atoms with Gasteiger partial charge in [0.15, 0.2) is 5.82 Å². The van der Waals surface area contributed by atoms with Crippen LogP contribution in [0, 0.1) is 15.9 Å². The molecule has 7 nitrogen and oxygen atoms in total. The van der Waals surface area contributed by atoms with Crippen molar-refractivity contribution in [2.45, 2.75) is 0 Å². The molecule has 0 atom stereocenters. The smallest absolute Gasteiger partial charge is 0.285 e. The van der Waals surface area contributed by atoms with Crippen molar-refractivity contribution in [1.82, 2.24) is 9.80 Å². The summed E-state index contributed by atoms with van der Waals surface area (Å²) in [4.78, 5) is 25.8. The van der Waals surface area contributed by atoms with E-state index in [1.165, 1.54) is 18.0 Å². The fourth-order valence-electron chi connectivity index (χ4n) is 1.73. The van der Waals surface area contributed by atoms with Crippen molar-refractivity contribution in [3.8, 4) is 0 Å². The van der Waals surface area contributed by atoms with Gasteiger partial charge in [-0.3, -0.25) is 14.9 Å². The van der Waals surface area contributed by atoms with Crippen molar-refractivity contribution in [2.24, 2.45) is 0 Å². The van der Waals surface area contributed by atoms with Crippen LogP contribution in [0.2, 0.25) is 0 Å². The molecule has 0 fully saturated rings. The van der Waals surface area contributed by atoms with Crippen LogP contribution in [0.3, 0.4) is 0 Å². The molecular formula is C13H19FN4O3. The largest absolute Gasteiger partial charge is 0.386 e. The predicted molar refractivity (Wildman–Crippen MR) is 78.1 cm³/mol. The van der Waals surface area contributed by atoms with E-state index in [1.54, 1.807) is 7.05 Å². The fraction of sp³-hybridized carbons (Fsp3) is 0.462. The zero-order valence-corrected chi connectivity index (χ0v) is 12.5. The second kappa shape index (κ2) is 6.98. The third-order valence-corrected chi connectivity index (χ3v) is 3.01. The Morgan fingerprint density at radius 1 is 1.33 bits per heavy atom. The number of nitrogens with one attached hydrogen (secondary N) is 1. The third-order valence-electron chi connectivity index (χ3n) is 3.01. The number of hydrogen-bond acceptors (Lipinski definition) is 5. The van der Waals surface area contributed by atoms with Crippen LogP contribution >= 0.6 is 0 Å². The highest BCUT2D eigenvalue weighted by atomic mass is 19.1. The topological polar surface area (TPSA) is 78.7 Å². The predicted octanol–water partition coefficient (Wildman–Crippen LogP) is 1.41. The van der Waals surface area contributed by atoms with Crippen LogP contribution in [0.5, 0.6) is 0 Å². The molecule has 21 heavy (non-hydrogen) atoms. The SMILES string of the molecule is CNc1cc(C(=O)N(C)CCN(C)C)c([N+](=O)[O-])cc1F. The Bertz CT molecular complexity index is 548. The van der Waals surface area contributed by atoms with E-state index in [-0.39, 0.29) is 11.3 Å². The number of carbonyl (C=O) groups is 1. The lowest BCUT2D eigenvalue weighted by Gasteiger charge is -2.20. The number of nitro groups is 1. The zero-order valence-electron chi connectivity index (χ0n) is 12.5. The van der Waals surface area contributed by atoms with Gasteiger partial charge in [-0.1, -0.05) is 0 Å². The van der Waals surface area contributed by atoms with E-state index in [9.17, 15) is 19.3 Å². The minimum atomic E-state index is -0.767. The lowest BCUT2D eigenvalue weighted by molar-refractivity contribution is -0.385. The molecule has 0 aliphatic heterocycles. The lowest BCUT2D eigenvalue weighted by Crippen LogP contribution is -2.33. The number of nitrogens with zero attached hydrogens (tertiary/aromatic N) is 3. The van der Waals surface area contributed by atoms with Crippen molar-refractivity contribution in [3.05, 3.63) is 33.6 Å². The third kappa shape index (κ3) is 4.12. The number of likely N-dealkylation sites (N-methyl/N-ethyl adjacent to an activating group) is 2. The maximum absolute atomic E-state index is 13.6. The van der Waals surface area contributed by atoms with Gasteiger partial charge in [0.05, 0.1) is 16.7 Å². The number of hydrogen-bond donors (Lipinski definition) is 1. The Morgan fingerprint density at radius 3 is 2.43 bits per heavy atom. The van der Waals surface area contributed by atoms with E-state index in [0.717, 1.165) is 6.07 Å². The van der Waals surface area contributed by atoms with Gasteiger partial charge in [-0.15, -0.1) is 0 Å². The van der Waals surface area contributed by atoms with E-state index < -0.39 is 22.3 Å². The van der Waals surface area contributed by atoms with Gasteiger partial charge in [0.2, 0.25) is 0 Å². The molecule has 0 saturated heterocycles. The molecular weight excluding hydrogens is 279 g/mol. The molecule has 0 heterocycles. The summed E-state index contributed by atoms with van der Waals surface area (Å²) in [6, 6.07) is 1.93. The van der Waals surface area contributed by atoms with E-state index in [2.05, 4.69) is 5.32 Å². The summed E-state index contributed by atoms with van der Waals surface area (Å²) in [5.41, 5.74) is -0.620. The van der Waals surface area contributed by atoms with Gasteiger partial charge in [0, 0.05) is 27.2 Å². The number of nitro benzene ring substituents is 1. The molecule has 0 aliphatic carbocycles. The number of carbonyl (C=O) groups excluding carboxylic acids is 1. The van der Waals surface area contributed by atoms with E-state index in [4.69, 9.17) is 0 Å². The first-order valence-corrected chi connectivity index (χ1v) is 6.33. The van der Waals surface area contributed by atoms with Gasteiger partial charge in [-0.05, 0) is 20.2 Å². The van der Waals surface area contributed by atoms with Gasteiger partial charge >= 0.3 is 0 Å². The van der Waals surface area contributed by atoms with Crippen LogP contribution in [0.1, 0.15) is 10.4 Å². The fourth-order valence-corrected chi connectivity index (χ4v) is 1.73. The van der Waals surface area contributed by atoms with Crippen molar-refractivity contribution < 1.29 is 14.1 Å². The summed E-state index contributed by atoms with van der Waals surface area (Å²) in [6.45, 7) is 1.03. The quantitative estimate of drug-likeness (QED) is 0.634. The van der Waals surface area contributed by atoms with Crippen molar-refractivity contribution in [1.29, 1.82) is 0 Å². The van der Waals surface area contributed by atoms with Crippen LogP contribution in [0.15, 0.2) is 12.1 Å². The van der Waals surface area contributed by atoms with Gasteiger partial charge in [-0.25, -0.2) is 4.39 Å². The van der Waals surface area contributed by atoms with Crippen LogP contribution in [0.25, 0.3) is 0 Å². The van der Waals surface area contributed by atoms with Gasteiger partial charge in [-0.2, -0.15) is 0 Å². The molecule has 1 rings (SSSR count). The minimum absolute atomic E-state index is 0.0463. The Labute approximate surface area is 122 Å². The summed E-state index contributed by atoms with van der Waals surface area (Å²) < 4.78 is 13.6. The summed E-state index contributed by atoms with van der Waals surface area (Å²) in [5.74, 6) is -1.28. The Hall–Kier alpha value is -2.22. The first-order valence-electron chi connectivity index (χ1n) is 6.33. The molecule has 1 N–H and O–H groups in total. The van der Waals surface area contributed by atoms with Crippen LogP contribution < -0.4 is 5.32 Å². The first kappa shape index (κ1) is 16.8. The summed E-state index contributed by atoms with van der Waals surface area (Å²) in [7, 11) is 6.75. The Kier molecular flexibility index (Phi) is 5.60. The number of benzene rings is 1. The Morgan fingerprint density at radius 2 is 1.95 bits per heavy atom. The molecule has 0 saturated carbocycles. The van der Waals surface area contributed by atoms with E-state index >= 15 is 0 Å². The lowest BCUT2D eigenvalue weighted by atomic mass is 10.1. The second-order valence-electron chi connectivity index (χ2n) is 4.89. The van der Waals surface area contributed by atoms with Crippen molar-refractivity contribution in [3.63, 3.8) is 0 Å². The van der Waals surface area contributed by atoms with Gasteiger partial charge in [0.25, 0.3) is 11.6 Å². The second-order valence-corrected chi connectivity index (χ2v) is 4.89. The molecule has 0 aliphatic rings. The van der Waals surface area contributed by atoms with Crippen molar-refractivity contribution >= 4 is 17.3 Å². The zero-order chi connectivity index (χ0) is 16.2. The van der Waals surface area contributed by atoms with E-state index in [0.29, 0.717) is 13.1 Å². The Balaban J connectivity index is 3.14. The molecule has 116 valence electrons. The number of rotatable bonds is 6. The maximum atomic E-state index is 13.6. The first-order chi connectivity index (χ1) is 9.77. The summed E-state index contributed by atoms with van der Waals surface area (Å²) >= 11 is 0. The van der Waals surface area contributed by atoms with Crippen LogP contribution in [-0.2, 0) is 0 Å². The van der Waals surface area contributed by atoms with Crippen LogP contribution in [-0.4, -0.2) is 61.9 Å². The minimum Gasteiger partial charge on any atom is -0.386 e. The average molecular weight is 298 g/mol. The van der Waals surface area contributed by atoms with Crippen LogP contribution in [0.4, 0.5) is 15.8 Å². The molecule has 8 heteroatoms. The molecule has 0 radical (unpaired) electrons. The normalized spacial score (nSPS) is 10.6. The molecule has 1 amide bonds. The molecule has 1 aromatic carbocycles. The highest BCUT2D eigenvalue weighted by Crippen LogP contribution is 2.26. The molecule has 0 bridgehead atoms. The monoisotopic (exact) mass is 298 g/mol. The number of halogens is 1. The van der Waals surface area contributed by atoms with Gasteiger partial charge in [0.1, 0.15) is 5.56 Å². The summed E-state index contributed by atoms with van der Waals surface area (Å²) in [6.07, 6.45) is 0. The standard InChI is InChI=1S/C13H19FN4O3/c1-15-11-7-9(12(18(20)21)8-10(11)14)13(19)17(4)6-5-16(2)3/h7-8,15H,5-6H2,1-4H3. The van der Waals surface area contributed by atoms with Gasteiger partial charge < -0.3 is 15.1 Å². The maximum Gasteiger partial charge on any atom is 0.285 e.